The molecule has 0 saturated carbocycles. The highest BCUT2D eigenvalue weighted by atomic mass is 19.1. The summed E-state index contributed by atoms with van der Waals surface area (Å²) in [6.45, 7) is 9.00. The largest absolute Gasteiger partial charge is 0.393 e. The van der Waals surface area contributed by atoms with Crippen LogP contribution in [0.1, 0.15) is 32.3 Å². The Labute approximate surface area is 150 Å². The van der Waals surface area contributed by atoms with Crippen molar-refractivity contribution >= 4 is 0 Å². The van der Waals surface area contributed by atoms with Crippen molar-refractivity contribution in [2.45, 2.75) is 50.8 Å². The highest BCUT2D eigenvalue weighted by Gasteiger charge is 2.39. The summed E-state index contributed by atoms with van der Waals surface area (Å²) in [4.78, 5) is 5.01. The maximum atomic E-state index is 13.5. The zero-order valence-electron chi connectivity index (χ0n) is 15.5. The molecule has 140 valence electrons. The fourth-order valence-electron chi connectivity index (χ4n) is 4.23. The normalized spacial score (nSPS) is 27.1. The molecule has 1 aromatic rings. The number of benzene rings is 1. The summed E-state index contributed by atoms with van der Waals surface area (Å²) in [5.74, 6) is -0.237. The number of morpholine rings is 1. The molecule has 4 nitrogen and oxygen atoms in total. The number of halogens is 1. The first-order valence-electron chi connectivity index (χ1n) is 9.49. The number of hydrogen-bond acceptors (Lipinski definition) is 4. The predicted molar refractivity (Wildman–Crippen MR) is 97.2 cm³/mol. The molecule has 2 aliphatic heterocycles. The Morgan fingerprint density at radius 3 is 2.68 bits per heavy atom. The third-order valence-corrected chi connectivity index (χ3v) is 5.73. The minimum absolute atomic E-state index is 0.0369. The zero-order valence-corrected chi connectivity index (χ0v) is 15.5. The van der Waals surface area contributed by atoms with E-state index in [2.05, 4.69) is 23.6 Å². The number of ether oxygens (including phenoxy) is 1. The van der Waals surface area contributed by atoms with Crippen molar-refractivity contribution in [3.05, 3.63) is 35.6 Å². The van der Waals surface area contributed by atoms with E-state index in [4.69, 9.17) is 4.74 Å². The number of aliphatic hydroxyl groups excluding tert-OH is 1. The van der Waals surface area contributed by atoms with Gasteiger partial charge in [0.15, 0.2) is 0 Å². The lowest BCUT2D eigenvalue weighted by Crippen LogP contribution is -2.59. The first-order valence-corrected chi connectivity index (χ1v) is 9.49. The van der Waals surface area contributed by atoms with Gasteiger partial charge in [-0.1, -0.05) is 12.1 Å². The van der Waals surface area contributed by atoms with E-state index < -0.39 is 5.60 Å². The summed E-state index contributed by atoms with van der Waals surface area (Å²) in [5.41, 5.74) is 0.256. The smallest absolute Gasteiger partial charge is 0.123 e. The van der Waals surface area contributed by atoms with E-state index in [1.807, 2.05) is 6.07 Å². The summed E-state index contributed by atoms with van der Waals surface area (Å²) < 4.78 is 19.5. The average Bonchev–Trinajstić information content (AvgIpc) is 2.62. The van der Waals surface area contributed by atoms with Crippen LogP contribution in [0.15, 0.2) is 24.3 Å². The molecule has 0 spiro atoms. The number of aliphatic hydroxyl groups is 1. The summed E-state index contributed by atoms with van der Waals surface area (Å²) in [7, 11) is 0. The fraction of sp³-hybridized carbons (Fsp3) is 0.700. The molecule has 25 heavy (non-hydrogen) atoms. The van der Waals surface area contributed by atoms with Crippen LogP contribution in [0.5, 0.6) is 0 Å². The van der Waals surface area contributed by atoms with E-state index in [9.17, 15) is 9.50 Å². The Kier molecular flexibility index (Phi) is 6.10. The summed E-state index contributed by atoms with van der Waals surface area (Å²) in [6, 6.07) is 7.78. The molecule has 0 radical (unpaired) electrons. The second-order valence-electron chi connectivity index (χ2n) is 7.83. The Hall–Kier alpha value is -1.01. The van der Waals surface area contributed by atoms with Gasteiger partial charge in [-0.25, -0.2) is 4.39 Å². The molecule has 1 unspecified atom stereocenters. The Morgan fingerprint density at radius 2 is 2.04 bits per heavy atom. The molecule has 2 fully saturated rings. The SMILES string of the molecule is CC(C)N1CCC(N2CCOC(CO)(Cc3cccc(F)c3)C2)CC1. The van der Waals surface area contributed by atoms with Gasteiger partial charge in [0, 0.05) is 31.6 Å². The van der Waals surface area contributed by atoms with Gasteiger partial charge in [-0.15, -0.1) is 0 Å². The number of likely N-dealkylation sites (tertiary alicyclic amines) is 1. The second kappa shape index (κ2) is 8.12. The zero-order chi connectivity index (χ0) is 17.9. The first-order chi connectivity index (χ1) is 12.0. The Bertz CT molecular complexity index is 560. The van der Waals surface area contributed by atoms with E-state index in [0.29, 0.717) is 31.7 Å². The van der Waals surface area contributed by atoms with Crippen molar-refractivity contribution in [3.8, 4) is 0 Å². The minimum Gasteiger partial charge on any atom is -0.393 e. The second-order valence-corrected chi connectivity index (χ2v) is 7.83. The van der Waals surface area contributed by atoms with Crippen LogP contribution < -0.4 is 0 Å². The van der Waals surface area contributed by atoms with E-state index in [1.54, 1.807) is 12.1 Å². The molecule has 0 aliphatic carbocycles. The van der Waals surface area contributed by atoms with Gasteiger partial charge in [-0.05, 0) is 57.5 Å². The monoisotopic (exact) mass is 350 g/mol. The predicted octanol–water partition coefficient (Wildman–Crippen LogP) is 2.30. The highest BCUT2D eigenvalue weighted by Crippen LogP contribution is 2.27. The molecule has 3 rings (SSSR count). The molecule has 5 heteroatoms. The van der Waals surface area contributed by atoms with Crippen LogP contribution in [0.25, 0.3) is 0 Å². The molecular weight excluding hydrogens is 319 g/mol. The van der Waals surface area contributed by atoms with Crippen molar-refractivity contribution in [3.63, 3.8) is 0 Å². The van der Waals surface area contributed by atoms with Gasteiger partial charge >= 0.3 is 0 Å². The molecular formula is C20H31FN2O2. The Morgan fingerprint density at radius 1 is 1.28 bits per heavy atom. The van der Waals surface area contributed by atoms with Crippen LogP contribution in [0.4, 0.5) is 4.39 Å². The fourth-order valence-corrected chi connectivity index (χ4v) is 4.23. The molecule has 2 saturated heterocycles. The lowest BCUT2D eigenvalue weighted by Gasteiger charge is -2.47. The molecule has 0 aromatic heterocycles. The topological polar surface area (TPSA) is 35.9 Å². The van der Waals surface area contributed by atoms with E-state index in [1.165, 1.54) is 18.9 Å². The number of rotatable bonds is 5. The molecule has 2 heterocycles. The van der Waals surface area contributed by atoms with Gasteiger partial charge in [0.05, 0.1) is 13.2 Å². The van der Waals surface area contributed by atoms with Crippen molar-refractivity contribution in [2.24, 2.45) is 0 Å². The maximum absolute atomic E-state index is 13.5. The third-order valence-electron chi connectivity index (χ3n) is 5.73. The van der Waals surface area contributed by atoms with Crippen LogP contribution in [0, 0.1) is 5.82 Å². The maximum Gasteiger partial charge on any atom is 0.123 e. The van der Waals surface area contributed by atoms with Gasteiger partial charge in [0.2, 0.25) is 0 Å². The van der Waals surface area contributed by atoms with Crippen LogP contribution in [0.2, 0.25) is 0 Å². The van der Waals surface area contributed by atoms with Crippen LogP contribution in [-0.4, -0.2) is 72.0 Å². The highest BCUT2D eigenvalue weighted by molar-refractivity contribution is 5.19. The van der Waals surface area contributed by atoms with Crippen molar-refractivity contribution in [2.75, 3.05) is 39.4 Å². The first kappa shape index (κ1) is 18.8. The van der Waals surface area contributed by atoms with Crippen molar-refractivity contribution in [1.82, 2.24) is 9.80 Å². The molecule has 0 amide bonds. The van der Waals surface area contributed by atoms with Crippen LogP contribution in [-0.2, 0) is 11.2 Å². The van der Waals surface area contributed by atoms with Crippen LogP contribution >= 0.6 is 0 Å². The van der Waals surface area contributed by atoms with Gasteiger partial charge in [0.1, 0.15) is 11.4 Å². The van der Waals surface area contributed by atoms with Gasteiger partial charge in [-0.2, -0.15) is 0 Å². The number of piperidine rings is 1. The third kappa shape index (κ3) is 4.59. The summed E-state index contributed by atoms with van der Waals surface area (Å²) in [5, 5.41) is 10.0. The average molecular weight is 350 g/mol. The van der Waals surface area contributed by atoms with Gasteiger partial charge < -0.3 is 14.7 Å². The molecule has 1 atom stereocenters. The quantitative estimate of drug-likeness (QED) is 0.884. The van der Waals surface area contributed by atoms with Gasteiger partial charge in [0.25, 0.3) is 0 Å². The summed E-state index contributed by atoms with van der Waals surface area (Å²) in [6.07, 6.45) is 2.88. The van der Waals surface area contributed by atoms with Gasteiger partial charge in [-0.3, -0.25) is 4.90 Å². The summed E-state index contributed by atoms with van der Waals surface area (Å²) >= 11 is 0. The van der Waals surface area contributed by atoms with E-state index in [-0.39, 0.29) is 12.4 Å². The minimum atomic E-state index is -0.624. The standard InChI is InChI=1S/C20H31FN2O2/c1-16(2)22-8-6-19(7-9-22)23-10-11-25-20(14-23,15-24)13-17-4-3-5-18(21)12-17/h3-5,12,16,19,24H,6-11,13-15H2,1-2H3. The van der Waals surface area contributed by atoms with Crippen molar-refractivity contribution < 1.29 is 14.2 Å². The lowest BCUT2D eigenvalue weighted by atomic mass is 9.91. The number of nitrogens with zero attached hydrogens (tertiary/aromatic N) is 2. The molecule has 2 aliphatic rings. The molecule has 1 N–H and O–H groups in total. The molecule has 1 aromatic carbocycles. The Balaban J connectivity index is 1.64. The van der Waals surface area contributed by atoms with Crippen LogP contribution in [0.3, 0.4) is 0 Å². The van der Waals surface area contributed by atoms with E-state index >= 15 is 0 Å². The molecule has 0 bridgehead atoms. The lowest BCUT2D eigenvalue weighted by molar-refractivity contribution is -0.143. The van der Waals surface area contributed by atoms with Crippen molar-refractivity contribution in [1.29, 1.82) is 0 Å². The van der Waals surface area contributed by atoms with E-state index in [0.717, 1.165) is 25.2 Å². The number of hydrogen-bond donors (Lipinski definition) is 1.